The van der Waals surface area contributed by atoms with Gasteiger partial charge in [0.15, 0.2) is 28.4 Å². The predicted molar refractivity (Wildman–Crippen MR) is 190 cm³/mol. The minimum atomic E-state index is -4.23. The van der Waals surface area contributed by atoms with Gasteiger partial charge in [-0.05, 0) is 73.3 Å². The lowest BCUT2D eigenvalue weighted by atomic mass is 10.0. The Labute approximate surface area is 279 Å². The van der Waals surface area contributed by atoms with Crippen molar-refractivity contribution in [1.82, 2.24) is 4.98 Å². The van der Waals surface area contributed by atoms with E-state index in [0.717, 1.165) is 22.0 Å². The van der Waals surface area contributed by atoms with Crippen LogP contribution < -0.4 is 0 Å². The second-order valence-corrected chi connectivity index (χ2v) is 27.2. The van der Waals surface area contributed by atoms with Crippen molar-refractivity contribution in [2.45, 2.75) is 132 Å². The molecule has 2 aromatic carbocycles. The minimum Gasteiger partial charge on any atom is -0.411 e. The van der Waals surface area contributed by atoms with Gasteiger partial charge >= 0.3 is 0 Å². The summed E-state index contributed by atoms with van der Waals surface area (Å²) in [5.74, 6) is 0. The van der Waals surface area contributed by atoms with Gasteiger partial charge in [-0.25, -0.2) is 8.42 Å². The van der Waals surface area contributed by atoms with E-state index in [-0.39, 0.29) is 28.0 Å². The number of hydrogen-bond donors (Lipinski definition) is 2. The fraction of sp³-hybridized carbons (Fsp3) is 0.600. The third kappa shape index (κ3) is 8.06. The summed E-state index contributed by atoms with van der Waals surface area (Å²) in [7, 11) is -9.09. The minimum absolute atomic E-state index is 0.00736. The molecule has 1 aromatic heterocycles. The fourth-order valence-electron chi connectivity index (χ4n) is 5.07. The second kappa shape index (κ2) is 13.6. The Bertz CT molecular complexity index is 1610. The number of sulfone groups is 1. The van der Waals surface area contributed by atoms with Crippen molar-refractivity contribution < 1.29 is 33.2 Å². The molecule has 256 valence electrons. The molecule has 0 bridgehead atoms. The first kappa shape index (κ1) is 35.5. The Morgan fingerprint density at radius 3 is 2.11 bits per heavy atom. The normalized spacial score (nSPS) is 23.7. The fourth-order valence-corrected chi connectivity index (χ4v) is 9.12. The first-order valence-electron chi connectivity index (χ1n) is 16.7. The van der Waals surface area contributed by atoms with Gasteiger partial charge < -0.3 is 28.4 Å². The largest absolute Gasteiger partial charge is 0.411 e. The van der Waals surface area contributed by atoms with E-state index < -0.39 is 62.9 Å². The Balaban J connectivity index is 1.72. The summed E-state index contributed by atoms with van der Waals surface area (Å²) < 4.78 is 63.4. The van der Waals surface area contributed by atoms with Gasteiger partial charge in [0.25, 0.3) is 0 Å². The molecule has 46 heavy (non-hydrogen) atoms. The number of fused-ring (bicyclic) bond motifs is 1. The third-order valence-corrected chi connectivity index (χ3v) is 20.9. The Morgan fingerprint density at radius 2 is 1.52 bits per heavy atom. The summed E-state index contributed by atoms with van der Waals surface area (Å²) in [5.41, 5.74) is 0.713. The Hall–Kier alpha value is -1.84. The van der Waals surface area contributed by atoms with Crippen molar-refractivity contribution in [3.8, 4) is 0 Å². The summed E-state index contributed by atoms with van der Waals surface area (Å²) in [5, 5.41) is 12.3. The molecule has 3 aromatic rings. The van der Waals surface area contributed by atoms with Gasteiger partial charge in [-0.3, -0.25) is 0 Å². The van der Waals surface area contributed by atoms with Crippen LogP contribution in [-0.4, -0.2) is 71.8 Å². The van der Waals surface area contributed by atoms with Crippen LogP contribution in [0.4, 0.5) is 0 Å². The number of aromatic amines is 1. The zero-order valence-corrected chi connectivity index (χ0v) is 32.2. The van der Waals surface area contributed by atoms with Crippen LogP contribution >= 0.6 is 0 Å². The number of aliphatic hydroxyl groups excluding tert-OH is 1. The smallest absolute Gasteiger partial charge is 0.207 e. The molecule has 3 unspecified atom stereocenters. The standard InChI is InChI=1S/C35H55NO7SSi2/c1-24-16-18-26(19-17-24)44(38,39)32(37)31-29(42-45(8,9)34(2,3)4)22-30(43-46(10,11)35(5,6)7)33(41-31)40-21-20-25-23-36-28-15-13-12-14-27(25)28/h12-19,23,29-33,36-37H,20-22H2,1-11H3/t29-,30+,31-,32?,33?/m0/s1/i20D/t20?,29-,30+,31-,32?,33?. The molecule has 2 N–H and O–H groups in total. The number of nitrogens with one attached hydrogen (secondary N) is 1. The van der Waals surface area contributed by atoms with Crippen molar-refractivity contribution in [3.05, 3.63) is 65.9 Å². The molecule has 6 atom stereocenters. The topological polar surface area (TPSA) is 107 Å². The van der Waals surface area contributed by atoms with E-state index >= 15 is 0 Å². The lowest BCUT2D eigenvalue weighted by Crippen LogP contribution is -2.61. The van der Waals surface area contributed by atoms with Gasteiger partial charge in [0.1, 0.15) is 6.10 Å². The third-order valence-electron chi connectivity index (χ3n) is 10.1. The van der Waals surface area contributed by atoms with Crippen molar-refractivity contribution in [2.24, 2.45) is 0 Å². The Kier molecular flexibility index (Phi) is 10.5. The SMILES string of the molecule is [2H]C(COC1O[C@H](C(O)S(=O)(=O)c2ccc(C)cc2)[C@@H](O[Si](C)(C)C(C)(C)C)C[C@H]1O[Si](C)(C)C(C)(C)C)c1c[nH]c2ccccc12. The molecule has 0 radical (unpaired) electrons. The predicted octanol–water partition coefficient (Wildman–Crippen LogP) is 7.72. The number of aromatic nitrogens is 1. The number of ether oxygens (including phenoxy) is 2. The second-order valence-electron chi connectivity index (χ2n) is 15.6. The van der Waals surface area contributed by atoms with Crippen molar-refractivity contribution in [1.29, 1.82) is 0 Å². The highest BCUT2D eigenvalue weighted by Crippen LogP contribution is 2.43. The molecule has 11 heteroatoms. The highest BCUT2D eigenvalue weighted by atomic mass is 32.2. The van der Waals surface area contributed by atoms with Gasteiger partial charge in [-0.2, -0.15) is 0 Å². The number of benzene rings is 2. The molecule has 2 heterocycles. The van der Waals surface area contributed by atoms with E-state index in [9.17, 15) is 13.5 Å². The molecule has 0 aliphatic carbocycles. The highest BCUT2D eigenvalue weighted by molar-refractivity contribution is 7.92. The molecule has 0 spiro atoms. The summed E-state index contributed by atoms with van der Waals surface area (Å²) in [6.07, 6.45) is -2.33. The molecule has 8 nitrogen and oxygen atoms in total. The summed E-state index contributed by atoms with van der Waals surface area (Å²) in [6.45, 7) is 23.2. The van der Waals surface area contributed by atoms with Gasteiger partial charge in [-0.1, -0.05) is 77.4 Å². The molecular formula is C35H55NO7SSi2. The average Bonchev–Trinajstić information content (AvgIpc) is 3.39. The van der Waals surface area contributed by atoms with Crippen molar-refractivity contribution in [3.63, 3.8) is 0 Å². The average molecular weight is 691 g/mol. The quantitative estimate of drug-likeness (QED) is 0.198. The molecular weight excluding hydrogens is 635 g/mol. The first-order valence-corrected chi connectivity index (χ1v) is 23.5. The van der Waals surface area contributed by atoms with E-state index in [1.54, 1.807) is 12.1 Å². The van der Waals surface area contributed by atoms with Gasteiger partial charge in [0.05, 0.1) is 23.7 Å². The van der Waals surface area contributed by atoms with E-state index in [0.29, 0.717) is 0 Å². The maximum atomic E-state index is 13.9. The van der Waals surface area contributed by atoms with Gasteiger partial charge in [-0.15, -0.1) is 0 Å². The number of hydrogen-bond acceptors (Lipinski definition) is 7. The summed E-state index contributed by atoms with van der Waals surface area (Å²) >= 11 is 0. The van der Waals surface area contributed by atoms with Crippen LogP contribution in [0.3, 0.4) is 0 Å². The van der Waals surface area contributed by atoms with Crippen molar-refractivity contribution >= 4 is 37.4 Å². The van der Waals surface area contributed by atoms with E-state index in [4.69, 9.17) is 19.7 Å². The molecule has 1 fully saturated rings. The summed E-state index contributed by atoms with van der Waals surface area (Å²) in [6, 6.07) is 14.2. The zero-order chi connectivity index (χ0) is 35.2. The van der Waals surface area contributed by atoms with Crippen LogP contribution in [0.1, 0.15) is 60.5 Å². The van der Waals surface area contributed by atoms with Gasteiger partial charge in [0, 0.05) is 24.9 Å². The molecule has 4 rings (SSSR count). The van der Waals surface area contributed by atoms with Crippen LogP contribution in [0.15, 0.2) is 59.6 Å². The first-order chi connectivity index (χ1) is 21.5. The van der Waals surface area contributed by atoms with Gasteiger partial charge in [0.2, 0.25) is 9.84 Å². The number of para-hydroxylation sites is 1. The van der Waals surface area contributed by atoms with E-state index in [2.05, 4.69) is 72.7 Å². The number of aliphatic hydroxyl groups is 1. The molecule has 0 amide bonds. The molecule has 0 saturated carbocycles. The van der Waals surface area contributed by atoms with Crippen LogP contribution in [0.2, 0.25) is 36.3 Å². The van der Waals surface area contributed by atoms with Crippen LogP contribution in [-0.2, 0) is 34.6 Å². The molecule has 1 aliphatic rings. The Morgan fingerprint density at radius 1 is 0.957 bits per heavy atom. The number of rotatable bonds is 11. The van der Waals surface area contributed by atoms with Crippen LogP contribution in [0.25, 0.3) is 10.9 Å². The maximum Gasteiger partial charge on any atom is 0.207 e. The zero-order valence-electron chi connectivity index (χ0n) is 30.4. The summed E-state index contributed by atoms with van der Waals surface area (Å²) in [4.78, 5) is 3.23. The van der Waals surface area contributed by atoms with E-state index in [1.165, 1.54) is 12.1 Å². The van der Waals surface area contributed by atoms with E-state index in [1.807, 2.05) is 37.4 Å². The van der Waals surface area contributed by atoms with Crippen molar-refractivity contribution in [2.75, 3.05) is 6.61 Å². The van der Waals surface area contributed by atoms with Crippen LogP contribution in [0, 0.1) is 6.92 Å². The van der Waals surface area contributed by atoms with Crippen LogP contribution in [0.5, 0.6) is 0 Å². The maximum absolute atomic E-state index is 13.9. The number of aryl methyl sites for hydroxylation is 1. The lowest BCUT2D eigenvalue weighted by molar-refractivity contribution is -0.268. The number of H-pyrrole nitrogens is 1. The molecule has 1 aliphatic heterocycles. The molecule has 1 saturated heterocycles. The highest BCUT2D eigenvalue weighted by Gasteiger charge is 2.52. The lowest BCUT2D eigenvalue weighted by Gasteiger charge is -2.49. The monoisotopic (exact) mass is 690 g/mol.